The van der Waals surface area contributed by atoms with Crippen molar-refractivity contribution in [1.82, 2.24) is 14.5 Å². The lowest BCUT2D eigenvalue weighted by Crippen LogP contribution is -2.52. The third kappa shape index (κ3) is 4.84. The Hall–Kier alpha value is -1.93. The van der Waals surface area contributed by atoms with Crippen molar-refractivity contribution in [3.8, 4) is 0 Å². The predicted molar refractivity (Wildman–Crippen MR) is 146 cm³/mol. The second-order valence-electron chi connectivity index (χ2n) is 12.5. The van der Waals surface area contributed by atoms with Gasteiger partial charge in [0.2, 0.25) is 15.9 Å². The third-order valence-electron chi connectivity index (χ3n) is 9.85. The normalized spacial score (nSPS) is 29.3. The van der Waals surface area contributed by atoms with E-state index < -0.39 is 10.0 Å². The van der Waals surface area contributed by atoms with E-state index >= 15 is 0 Å². The highest BCUT2D eigenvalue weighted by atomic mass is 32.2. The van der Waals surface area contributed by atoms with Crippen molar-refractivity contribution in [3.63, 3.8) is 0 Å². The summed E-state index contributed by atoms with van der Waals surface area (Å²) in [5.74, 6) is 0.0780. The van der Waals surface area contributed by atoms with E-state index in [2.05, 4.69) is 26.1 Å². The van der Waals surface area contributed by atoms with E-state index in [4.69, 9.17) is 0 Å². The summed E-state index contributed by atoms with van der Waals surface area (Å²) >= 11 is 0. The van der Waals surface area contributed by atoms with Gasteiger partial charge in [-0.15, -0.1) is 0 Å². The maximum Gasteiger partial charge on any atom is 0.251 e. The van der Waals surface area contributed by atoms with Gasteiger partial charge in [0, 0.05) is 37.8 Å². The molecule has 0 aromatic heterocycles. The van der Waals surface area contributed by atoms with Crippen molar-refractivity contribution in [3.05, 3.63) is 28.8 Å². The summed E-state index contributed by atoms with van der Waals surface area (Å²) in [6.07, 6.45) is 4.78. The van der Waals surface area contributed by atoms with Crippen LogP contribution < -0.4 is 5.32 Å². The van der Waals surface area contributed by atoms with Crippen LogP contribution >= 0.6 is 0 Å². The highest BCUT2D eigenvalue weighted by molar-refractivity contribution is 7.89. The molecule has 37 heavy (non-hydrogen) atoms. The lowest BCUT2D eigenvalue weighted by atomic mass is 9.68. The number of rotatable bonds is 7. The molecule has 2 bridgehead atoms. The minimum atomic E-state index is -3.86. The van der Waals surface area contributed by atoms with Gasteiger partial charge in [-0.1, -0.05) is 20.8 Å². The number of hydrogen-bond donors (Lipinski definition) is 1. The van der Waals surface area contributed by atoms with Crippen molar-refractivity contribution in [2.24, 2.45) is 22.7 Å². The fourth-order valence-corrected chi connectivity index (χ4v) is 9.25. The first-order chi connectivity index (χ1) is 17.3. The molecule has 1 N–H and O–H groups in total. The Morgan fingerprint density at radius 3 is 2.38 bits per heavy atom. The largest absolute Gasteiger partial charge is 0.348 e. The molecule has 2 unspecified atom stereocenters. The van der Waals surface area contributed by atoms with E-state index in [1.807, 2.05) is 20.8 Å². The number of piperidine rings is 1. The second kappa shape index (κ2) is 9.99. The van der Waals surface area contributed by atoms with Gasteiger partial charge in [0.25, 0.3) is 5.91 Å². The minimum absolute atomic E-state index is 0.0114. The predicted octanol–water partition coefficient (Wildman–Crippen LogP) is 4.52. The lowest BCUT2D eigenvalue weighted by molar-refractivity contribution is -0.136. The molecule has 1 saturated heterocycles. The van der Waals surface area contributed by atoms with E-state index in [1.165, 1.54) is 10.7 Å². The van der Waals surface area contributed by atoms with E-state index in [1.54, 1.807) is 24.0 Å². The SMILES string of the molecule is CCN(CC)C(=O)C1CCCN(S(=O)(=O)c2cc(C(=O)NC3C(C)(C)[C@@H]4CC[C@@]3(C)C4)cc(C)c2C)C1. The lowest BCUT2D eigenvalue weighted by Gasteiger charge is -2.43. The number of aryl methyl sites for hydroxylation is 1. The molecule has 0 spiro atoms. The molecule has 1 aromatic rings. The molecule has 4 rings (SSSR count). The van der Waals surface area contributed by atoms with Crippen LogP contribution in [-0.4, -0.2) is 61.7 Å². The monoisotopic (exact) mass is 531 g/mol. The van der Waals surface area contributed by atoms with Crippen LogP contribution in [0.3, 0.4) is 0 Å². The van der Waals surface area contributed by atoms with Gasteiger partial charge >= 0.3 is 0 Å². The van der Waals surface area contributed by atoms with E-state index in [9.17, 15) is 18.0 Å². The van der Waals surface area contributed by atoms with Crippen LogP contribution in [-0.2, 0) is 14.8 Å². The van der Waals surface area contributed by atoms with Gasteiger partial charge in [0.1, 0.15) is 0 Å². The number of benzene rings is 1. The fourth-order valence-electron chi connectivity index (χ4n) is 7.40. The molecule has 1 aromatic carbocycles. The topological polar surface area (TPSA) is 86.8 Å². The molecule has 8 heteroatoms. The number of carbonyl (C=O) groups excluding carboxylic acids is 2. The van der Waals surface area contributed by atoms with Crippen molar-refractivity contribution < 1.29 is 18.0 Å². The maximum atomic E-state index is 13.9. The van der Waals surface area contributed by atoms with Gasteiger partial charge in [-0.3, -0.25) is 9.59 Å². The Morgan fingerprint density at radius 2 is 1.78 bits per heavy atom. The van der Waals surface area contributed by atoms with Crippen molar-refractivity contribution >= 4 is 21.8 Å². The summed E-state index contributed by atoms with van der Waals surface area (Å²) in [5.41, 5.74) is 1.91. The van der Waals surface area contributed by atoms with Crippen LogP contribution in [0.2, 0.25) is 0 Å². The molecular formula is C29H45N3O4S. The van der Waals surface area contributed by atoms with Crippen LogP contribution in [0.4, 0.5) is 0 Å². The van der Waals surface area contributed by atoms with E-state index in [0.717, 1.165) is 18.4 Å². The molecule has 3 fully saturated rings. The third-order valence-corrected chi connectivity index (χ3v) is 11.8. The molecule has 7 nitrogen and oxygen atoms in total. The molecule has 2 aliphatic carbocycles. The zero-order valence-corrected chi connectivity index (χ0v) is 24.5. The second-order valence-corrected chi connectivity index (χ2v) is 14.4. The Morgan fingerprint density at radius 1 is 1.11 bits per heavy atom. The summed E-state index contributed by atoms with van der Waals surface area (Å²) in [4.78, 5) is 28.5. The minimum Gasteiger partial charge on any atom is -0.348 e. The van der Waals surface area contributed by atoms with E-state index in [-0.39, 0.29) is 46.0 Å². The molecular weight excluding hydrogens is 486 g/mol. The van der Waals surface area contributed by atoms with Gasteiger partial charge < -0.3 is 10.2 Å². The van der Waals surface area contributed by atoms with Crippen molar-refractivity contribution in [2.45, 2.75) is 91.5 Å². The number of nitrogens with zero attached hydrogens (tertiary/aromatic N) is 2. The zero-order valence-electron chi connectivity index (χ0n) is 23.7. The van der Waals surface area contributed by atoms with Crippen LogP contribution in [0.1, 0.15) is 88.2 Å². The summed E-state index contributed by atoms with van der Waals surface area (Å²) < 4.78 is 29.2. The Balaban J connectivity index is 1.60. The number of amides is 2. The summed E-state index contributed by atoms with van der Waals surface area (Å²) in [7, 11) is -3.86. The highest BCUT2D eigenvalue weighted by Gasteiger charge is 2.59. The number of hydrogen-bond acceptors (Lipinski definition) is 4. The number of fused-ring (bicyclic) bond motifs is 2. The maximum absolute atomic E-state index is 13.9. The molecule has 1 aliphatic heterocycles. The summed E-state index contributed by atoms with van der Waals surface area (Å²) in [6, 6.07) is 3.40. The average Bonchev–Trinajstić information content (AvgIpc) is 3.34. The molecule has 1 heterocycles. The number of nitrogens with one attached hydrogen (secondary N) is 1. The van der Waals surface area contributed by atoms with E-state index in [0.29, 0.717) is 49.5 Å². The van der Waals surface area contributed by atoms with Crippen molar-refractivity contribution in [2.75, 3.05) is 26.2 Å². The quantitative estimate of drug-likeness (QED) is 0.561. The highest BCUT2D eigenvalue weighted by Crippen LogP contribution is 2.62. The van der Waals surface area contributed by atoms with Gasteiger partial charge in [-0.25, -0.2) is 8.42 Å². The zero-order chi connectivity index (χ0) is 27.3. The van der Waals surface area contributed by atoms with Gasteiger partial charge in [-0.2, -0.15) is 4.31 Å². The number of sulfonamides is 1. The van der Waals surface area contributed by atoms with Crippen LogP contribution in [0.5, 0.6) is 0 Å². The molecule has 4 atom stereocenters. The Kier molecular flexibility index (Phi) is 7.58. The molecule has 2 saturated carbocycles. The first-order valence-electron chi connectivity index (χ1n) is 14.0. The van der Waals surface area contributed by atoms with Gasteiger partial charge in [0.15, 0.2) is 0 Å². The summed E-state index contributed by atoms with van der Waals surface area (Å²) in [6.45, 7) is 16.1. The Labute approximate surface area is 223 Å². The molecule has 0 radical (unpaired) electrons. The first kappa shape index (κ1) is 28.1. The van der Waals surface area contributed by atoms with Gasteiger partial charge in [-0.05, 0) is 99.8 Å². The van der Waals surface area contributed by atoms with Crippen molar-refractivity contribution in [1.29, 1.82) is 0 Å². The van der Waals surface area contributed by atoms with Crippen LogP contribution in [0.15, 0.2) is 17.0 Å². The smallest absolute Gasteiger partial charge is 0.251 e. The Bertz CT molecular complexity index is 1170. The van der Waals surface area contributed by atoms with Gasteiger partial charge in [0.05, 0.1) is 10.8 Å². The molecule has 206 valence electrons. The average molecular weight is 532 g/mol. The van der Waals surface area contributed by atoms with Crippen LogP contribution in [0, 0.1) is 36.5 Å². The molecule has 3 aliphatic rings. The standard InChI is InChI=1S/C29H45N3O4S/c1-8-31(9-2)26(34)21-11-10-14-32(18-21)37(35,36)24-16-22(15-19(3)20(24)4)25(33)30-27-28(5,6)23-12-13-29(27,7)17-23/h15-16,21,23,27H,8-14,17-18H2,1-7H3,(H,30,33)/t21?,23-,27?,29+/m1/s1. The molecule has 2 amide bonds. The summed E-state index contributed by atoms with van der Waals surface area (Å²) in [5, 5.41) is 3.31. The van der Waals surface area contributed by atoms with Crippen LogP contribution in [0.25, 0.3) is 0 Å². The first-order valence-corrected chi connectivity index (χ1v) is 15.4. The fraction of sp³-hybridized carbons (Fsp3) is 0.724. The number of carbonyl (C=O) groups is 2.